The van der Waals surface area contributed by atoms with Gasteiger partial charge in [0, 0.05) is 6.54 Å². The van der Waals surface area contributed by atoms with Crippen LogP contribution in [-0.4, -0.2) is 18.5 Å². The van der Waals surface area contributed by atoms with Gasteiger partial charge in [0.25, 0.3) is 0 Å². The minimum absolute atomic E-state index is 0.0199. The van der Waals surface area contributed by atoms with Gasteiger partial charge in [-0.2, -0.15) is 0 Å². The standard InChI is InChI=1S/C21H44N2O/c1-3-5-6-7-8-9-10-11-12-13-14-15-16-17-19-23-21(24)20(22)18-4-2/h20H,3-19,22H2,1-2H3,(H,23,24). The first-order valence-corrected chi connectivity index (χ1v) is 10.8. The summed E-state index contributed by atoms with van der Waals surface area (Å²) in [7, 11) is 0. The van der Waals surface area contributed by atoms with Crippen molar-refractivity contribution in [2.45, 2.75) is 123 Å². The predicted octanol–water partition coefficient (Wildman–Crippen LogP) is 5.71. The summed E-state index contributed by atoms with van der Waals surface area (Å²) in [6.45, 7) is 5.12. The van der Waals surface area contributed by atoms with Gasteiger partial charge < -0.3 is 11.1 Å². The van der Waals surface area contributed by atoms with Gasteiger partial charge in [-0.1, -0.05) is 104 Å². The second kappa shape index (κ2) is 18.8. The quantitative estimate of drug-likeness (QED) is 0.314. The Kier molecular flexibility index (Phi) is 18.3. The Morgan fingerprint density at radius 1 is 0.708 bits per heavy atom. The van der Waals surface area contributed by atoms with Gasteiger partial charge in [-0.05, 0) is 12.8 Å². The van der Waals surface area contributed by atoms with Crippen molar-refractivity contribution in [2.24, 2.45) is 5.73 Å². The first kappa shape index (κ1) is 23.4. The maximum absolute atomic E-state index is 11.6. The van der Waals surface area contributed by atoms with Crippen LogP contribution in [0.2, 0.25) is 0 Å². The third-order valence-corrected chi connectivity index (χ3v) is 4.77. The Labute approximate surface area is 151 Å². The third kappa shape index (κ3) is 16.3. The van der Waals surface area contributed by atoms with Gasteiger partial charge in [0.05, 0.1) is 6.04 Å². The molecule has 0 heterocycles. The van der Waals surface area contributed by atoms with Gasteiger partial charge >= 0.3 is 0 Å². The Hall–Kier alpha value is -0.570. The molecule has 144 valence electrons. The molecule has 0 saturated carbocycles. The smallest absolute Gasteiger partial charge is 0.236 e. The molecule has 0 aromatic heterocycles. The molecule has 0 aliphatic heterocycles. The number of carbonyl (C=O) groups is 1. The van der Waals surface area contributed by atoms with Crippen molar-refractivity contribution in [1.29, 1.82) is 0 Å². The summed E-state index contributed by atoms with van der Waals surface area (Å²) in [5.74, 6) is 0.0199. The minimum atomic E-state index is -0.318. The summed E-state index contributed by atoms with van der Waals surface area (Å²) in [5.41, 5.74) is 5.78. The predicted molar refractivity (Wildman–Crippen MR) is 106 cm³/mol. The highest BCUT2D eigenvalue weighted by molar-refractivity contribution is 5.81. The monoisotopic (exact) mass is 340 g/mol. The number of rotatable bonds is 18. The van der Waals surface area contributed by atoms with E-state index in [9.17, 15) is 4.79 Å². The van der Waals surface area contributed by atoms with E-state index in [2.05, 4.69) is 19.2 Å². The number of nitrogens with two attached hydrogens (primary N) is 1. The van der Waals surface area contributed by atoms with Crippen molar-refractivity contribution in [3.05, 3.63) is 0 Å². The first-order chi connectivity index (χ1) is 11.7. The van der Waals surface area contributed by atoms with Crippen LogP contribution in [-0.2, 0) is 4.79 Å². The van der Waals surface area contributed by atoms with E-state index in [1.54, 1.807) is 0 Å². The van der Waals surface area contributed by atoms with Crippen molar-refractivity contribution < 1.29 is 4.79 Å². The van der Waals surface area contributed by atoms with Gasteiger partial charge in [-0.3, -0.25) is 4.79 Å². The summed E-state index contributed by atoms with van der Waals surface area (Å²) in [6.07, 6.45) is 20.8. The molecular formula is C21H44N2O. The number of nitrogens with one attached hydrogen (secondary N) is 1. The Balaban J connectivity index is 3.14. The summed E-state index contributed by atoms with van der Waals surface area (Å²) in [5, 5.41) is 2.95. The topological polar surface area (TPSA) is 55.1 Å². The second-order valence-electron chi connectivity index (χ2n) is 7.28. The number of hydrogen-bond donors (Lipinski definition) is 2. The minimum Gasteiger partial charge on any atom is -0.355 e. The van der Waals surface area contributed by atoms with Gasteiger partial charge in [-0.25, -0.2) is 0 Å². The molecule has 0 fully saturated rings. The van der Waals surface area contributed by atoms with Crippen molar-refractivity contribution in [2.75, 3.05) is 6.54 Å². The normalized spacial score (nSPS) is 12.3. The van der Waals surface area contributed by atoms with Gasteiger partial charge in [-0.15, -0.1) is 0 Å². The molecule has 24 heavy (non-hydrogen) atoms. The molecule has 0 aliphatic rings. The fourth-order valence-electron chi connectivity index (χ4n) is 3.10. The van der Waals surface area contributed by atoms with E-state index in [1.165, 1.54) is 83.5 Å². The van der Waals surface area contributed by atoms with Gasteiger partial charge in [0.15, 0.2) is 0 Å². The lowest BCUT2D eigenvalue weighted by atomic mass is 10.0. The molecule has 1 amide bonds. The van der Waals surface area contributed by atoms with Crippen molar-refractivity contribution in [3.63, 3.8) is 0 Å². The summed E-state index contributed by atoms with van der Waals surface area (Å²) >= 11 is 0. The fraction of sp³-hybridized carbons (Fsp3) is 0.952. The molecule has 0 aliphatic carbocycles. The molecule has 3 N–H and O–H groups in total. The Bertz CT molecular complexity index is 269. The fourth-order valence-corrected chi connectivity index (χ4v) is 3.10. The summed E-state index contributed by atoms with van der Waals surface area (Å²) < 4.78 is 0. The average molecular weight is 341 g/mol. The molecule has 0 aromatic carbocycles. The molecule has 3 heteroatoms. The average Bonchev–Trinajstić information content (AvgIpc) is 2.58. The maximum Gasteiger partial charge on any atom is 0.236 e. The zero-order chi connectivity index (χ0) is 17.9. The molecule has 0 bridgehead atoms. The number of unbranched alkanes of at least 4 members (excludes halogenated alkanes) is 13. The van der Waals surface area contributed by atoms with Crippen LogP contribution in [0, 0.1) is 0 Å². The molecule has 0 radical (unpaired) electrons. The third-order valence-electron chi connectivity index (χ3n) is 4.77. The van der Waals surface area contributed by atoms with Crippen LogP contribution in [0.15, 0.2) is 0 Å². The van der Waals surface area contributed by atoms with Crippen molar-refractivity contribution >= 4 is 5.91 Å². The maximum atomic E-state index is 11.6. The van der Waals surface area contributed by atoms with Crippen LogP contribution in [0.25, 0.3) is 0 Å². The highest BCUT2D eigenvalue weighted by Gasteiger charge is 2.10. The molecule has 0 rings (SSSR count). The van der Waals surface area contributed by atoms with E-state index < -0.39 is 0 Å². The molecular weight excluding hydrogens is 296 g/mol. The lowest BCUT2D eigenvalue weighted by Gasteiger charge is -2.10. The van der Waals surface area contributed by atoms with Crippen LogP contribution in [0.3, 0.4) is 0 Å². The van der Waals surface area contributed by atoms with Crippen molar-refractivity contribution in [3.8, 4) is 0 Å². The van der Waals surface area contributed by atoms with E-state index >= 15 is 0 Å². The van der Waals surface area contributed by atoms with E-state index in [0.29, 0.717) is 0 Å². The zero-order valence-corrected chi connectivity index (χ0v) is 16.6. The molecule has 0 aromatic rings. The lowest BCUT2D eigenvalue weighted by Crippen LogP contribution is -2.40. The van der Waals surface area contributed by atoms with Crippen LogP contribution in [0.5, 0.6) is 0 Å². The van der Waals surface area contributed by atoms with Crippen LogP contribution in [0.1, 0.15) is 117 Å². The SMILES string of the molecule is CCCCCCCCCCCCCCCCNC(=O)C(N)CCC. The van der Waals surface area contributed by atoms with Crippen LogP contribution >= 0.6 is 0 Å². The Morgan fingerprint density at radius 2 is 1.12 bits per heavy atom. The van der Waals surface area contributed by atoms with Crippen LogP contribution < -0.4 is 11.1 Å². The van der Waals surface area contributed by atoms with Gasteiger partial charge in [0.1, 0.15) is 0 Å². The number of hydrogen-bond acceptors (Lipinski definition) is 2. The Morgan fingerprint density at radius 3 is 1.54 bits per heavy atom. The number of carbonyl (C=O) groups excluding carboxylic acids is 1. The van der Waals surface area contributed by atoms with Crippen molar-refractivity contribution in [1.82, 2.24) is 5.32 Å². The van der Waals surface area contributed by atoms with E-state index in [1.807, 2.05) is 0 Å². The summed E-state index contributed by atoms with van der Waals surface area (Å²) in [6, 6.07) is -0.318. The zero-order valence-electron chi connectivity index (χ0n) is 16.6. The molecule has 0 spiro atoms. The van der Waals surface area contributed by atoms with Crippen LogP contribution in [0.4, 0.5) is 0 Å². The van der Waals surface area contributed by atoms with E-state index in [-0.39, 0.29) is 11.9 Å². The first-order valence-electron chi connectivity index (χ1n) is 10.8. The molecule has 3 nitrogen and oxygen atoms in total. The van der Waals surface area contributed by atoms with E-state index in [0.717, 1.165) is 25.8 Å². The lowest BCUT2D eigenvalue weighted by molar-refractivity contribution is -0.122. The summed E-state index contributed by atoms with van der Waals surface area (Å²) in [4.78, 5) is 11.6. The largest absolute Gasteiger partial charge is 0.355 e. The van der Waals surface area contributed by atoms with Gasteiger partial charge in [0.2, 0.25) is 5.91 Å². The van der Waals surface area contributed by atoms with E-state index in [4.69, 9.17) is 5.73 Å². The second-order valence-corrected chi connectivity index (χ2v) is 7.28. The number of amides is 1. The highest BCUT2D eigenvalue weighted by Crippen LogP contribution is 2.12. The molecule has 1 atom stereocenters. The molecule has 0 saturated heterocycles. The molecule has 1 unspecified atom stereocenters. The highest BCUT2D eigenvalue weighted by atomic mass is 16.2.